The molecule has 1 N–H and O–H groups in total. The van der Waals surface area contributed by atoms with E-state index in [1.165, 1.54) is 6.42 Å². The molecule has 0 spiro atoms. The predicted octanol–water partition coefficient (Wildman–Crippen LogP) is 4.81. The third kappa shape index (κ3) is 6.75. The van der Waals surface area contributed by atoms with Gasteiger partial charge in [0.2, 0.25) is 11.8 Å². The molecule has 1 aliphatic rings. The fourth-order valence-electron chi connectivity index (χ4n) is 4.55. The largest absolute Gasteiger partial charge is 0.493 e. The van der Waals surface area contributed by atoms with Crippen LogP contribution in [0.5, 0.6) is 11.5 Å². The van der Waals surface area contributed by atoms with Crippen LogP contribution in [0, 0.1) is 6.92 Å². The van der Waals surface area contributed by atoms with Crippen LogP contribution in [-0.2, 0) is 22.6 Å². The molecule has 0 bridgehead atoms. The van der Waals surface area contributed by atoms with E-state index < -0.39 is 6.04 Å². The summed E-state index contributed by atoms with van der Waals surface area (Å²) in [4.78, 5) is 28.3. The summed E-state index contributed by atoms with van der Waals surface area (Å²) in [5.41, 5.74) is 3.15. The number of nitrogens with zero attached hydrogens (tertiary/aromatic N) is 1. The Morgan fingerprint density at radius 3 is 2.41 bits per heavy atom. The van der Waals surface area contributed by atoms with Crippen molar-refractivity contribution in [1.29, 1.82) is 0 Å². The number of benzene rings is 2. The van der Waals surface area contributed by atoms with Crippen molar-refractivity contribution < 1.29 is 19.1 Å². The topological polar surface area (TPSA) is 67.9 Å². The number of rotatable bonds is 10. The van der Waals surface area contributed by atoms with Crippen LogP contribution in [0.4, 0.5) is 0 Å². The van der Waals surface area contributed by atoms with E-state index in [1.807, 2.05) is 56.3 Å². The highest BCUT2D eigenvalue weighted by molar-refractivity contribution is 5.87. The fraction of sp³-hybridized carbons (Fsp3) is 0.500. The average molecular weight is 467 g/mol. The molecule has 1 fully saturated rings. The van der Waals surface area contributed by atoms with Crippen molar-refractivity contribution in [1.82, 2.24) is 10.2 Å². The molecule has 1 atom stereocenters. The van der Waals surface area contributed by atoms with Crippen LogP contribution in [0.25, 0.3) is 0 Å². The maximum atomic E-state index is 13.4. The Labute approximate surface area is 203 Å². The molecule has 0 aromatic heterocycles. The maximum Gasteiger partial charge on any atom is 0.242 e. The first-order chi connectivity index (χ1) is 16.4. The summed E-state index contributed by atoms with van der Waals surface area (Å²) in [6.45, 7) is 4.29. The highest BCUT2D eigenvalue weighted by atomic mass is 16.5. The lowest BCUT2D eigenvalue weighted by atomic mass is 9.95. The highest BCUT2D eigenvalue weighted by Crippen LogP contribution is 2.28. The molecule has 2 aromatic rings. The summed E-state index contributed by atoms with van der Waals surface area (Å²) < 4.78 is 10.7. The lowest BCUT2D eigenvalue weighted by Crippen LogP contribution is -2.50. The lowest BCUT2D eigenvalue weighted by molar-refractivity contribution is -0.141. The van der Waals surface area contributed by atoms with Crippen molar-refractivity contribution >= 4 is 11.8 Å². The molecular formula is C28H38N2O4. The molecule has 0 saturated heterocycles. The Bertz CT molecular complexity index is 969. The molecule has 6 nitrogen and oxygen atoms in total. The third-order valence-electron chi connectivity index (χ3n) is 6.80. The van der Waals surface area contributed by atoms with Crippen LogP contribution in [0.15, 0.2) is 42.5 Å². The van der Waals surface area contributed by atoms with Gasteiger partial charge in [-0.25, -0.2) is 0 Å². The molecule has 2 aromatic carbocycles. The van der Waals surface area contributed by atoms with Crippen molar-refractivity contribution in [3.8, 4) is 11.5 Å². The van der Waals surface area contributed by atoms with Gasteiger partial charge >= 0.3 is 0 Å². The first-order valence-corrected chi connectivity index (χ1v) is 12.3. The summed E-state index contributed by atoms with van der Waals surface area (Å²) in [7, 11) is 3.20. The van der Waals surface area contributed by atoms with Crippen molar-refractivity contribution in [3.05, 3.63) is 59.2 Å². The van der Waals surface area contributed by atoms with E-state index in [9.17, 15) is 9.59 Å². The standard InChI is InChI=1S/C28H38N2O4/c1-20-10-8-9-11-23(20)19-30(21(2)28(32)29-24-12-6-5-7-13-24)27(31)17-15-22-14-16-25(33-3)26(18-22)34-4/h8-11,14,16,18,21,24H,5-7,12-13,15,17,19H2,1-4H3,(H,29,32)/t21-/m0/s1. The summed E-state index contributed by atoms with van der Waals surface area (Å²) in [6.07, 6.45) is 6.43. The normalized spacial score (nSPS) is 14.8. The van der Waals surface area contributed by atoms with Crippen molar-refractivity contribution in [2.75, 3.05) is 14.2 Å². The number of nitrogens with one attached hydrogen (secondary N) is 1. The number of amides is 2. The van der Waals surface area contributed by atoms with Gasteiger partial charge < -0.3 is 19.7 Å². The lowest BCUT2D eigenvalue weighted by Gasteiger charge is -2.31. The second-order valence-corrected chi connectivity index (χ2v) is 9.16. The minimum atomic E-state index is -0.542. The zero-order chi connectivity index (χ0) is 24.5. The van der Waals surface area contributed by atoms with E-state index in [0.717, 1.165) is 42.4 Å². The number of carbonyl (C=O) groups excluding carboxylic acids is 2. The number of methoxy groups -OCH3 is 2. The van der Waals surface area contributed by atoms with Crippen molar-refractivity contribution in [2.45, 2.75) is 77.4 Å². The minimum absolute atomic E-state index is 0.0377. The van der Waals surface area contributed by atoms with Gasteiger partial charge in [-0.05, 0) is 61.9 Å². The number of ether oxygens (including phenoxy) is 2. The second kappa shape index (κ2) is 12.4. The summed E-state index contributed by atoms with van der Waals surface area (Å²) in [5.74, 6) is 1.19. The van der Waals surface area contributed by atoms with Gasteiger partial charge in [-0.3, -0.25) is 9.59 Å². The molecule has 1 saturated carbocycles. The third-order valence-corrected chi connectivity index (χ3v) is 6.80. The zero-order valence-corrected chi connectivity index (χ0v) is 20.9. The molecule has 1 aliphatic carbocycles. The number of hydrogen-bond acceptors (Lipinski definition) is 4. The van der Waals surface area contributed by atoms with Gasteiger partial charge in [0.1, 0.15) is 6.04 Å². The first kappa shape index (κ1) is 25.6. The van der Waals surface area contributed by atoms with Crippen LogP contribution in [-0.4, -0.2) is 43.0 Å². The Hall–Kier alpha value is -3.02. The summed E-state index contributed by atoms with van der Waals surface area (Å²) in [5, 5.41) is 3.19. The van der Waals surface area contributed by atoms with E-state index in [1.54, 1.807) is 19.1 Å². The number of aryl methyl sites for hydroxylation is 2. The van der Waals surface area contributed by atoms with Gasteiger partial charge in [0, 0.05) is 19.0 Å². The molecular weight excluding hydrogens is 428 g/mol. The van der Waals surface area contributed by atoms with Crippen molar-refractivity contribution in [3.63, 3.8) is 0 Å². The Balaban J connectivity index is 1.73. The first-order valence-electron chi connectivity index (χ1n) is 12.3. The average Bonchev–Trinajstić information content (AvgIpc) is 2.86. The Morgan fingerprint density at radius 2 is 1.74 bits per heavy atom. The quantitative estimate of drug-likeness (QED) is 0.546. The van der Waals surface area contributed by atoms with Crippen LogP contribution < -0.4 is 14.8 Å². The molecule has 0 unspecified atom stereocenters. The minimum Gasteiger partial charge on any atom is -0.493 e. The summed E-state index contributed by atoms with van der Waals surface area (Å²) >= 11 is 0. The molecule has 6 heteroatoms. The van der Waals surface area contributed by atoms with Crippen LogP contribution >= 0.6 is 0 Å². The van der Waals surface area contributed by atoms with Gasteiger partial charge in [-0.2, -0.15) is 0 Å². The van der Waals surface area contributed by atoms with E-state index in [0.29, 0.717) is 30.9 Å². The molecule has 2 amide bonds. The molecule has 3 rings (SSSR count). The van der Waals surface area contributed by atoms with Crippen LogP contribution in [0.1, 0.15) is 62.1 Å². The maximum absolute atomic E-state index is 13.4. The molecule has 0 aliphatic heterocycles. The molecule has 184 valence electrons. The Morgan fingerprint density at radius 1 is 1.03 bits per heavy atom. The van der Waals surface area contributed by atoms with E-state index >= 15 is 0 Å². The molecule has 0 radical (unpaired) electrons. The van der Waals surface area contributed by atoms with Gasteiger partial charge in [-0.1, -0.05) is 49.6 Å². The van der Waals surface area contributed by atoms with Gasteiger partial charge in [0.05, 0.1) is 14.2 Å². The predicted molar refractivity (Wildman–Crippen MR) is 134 cm³/mol. The van der Waals surface area contributed by atoms with E-state index in [2.05, 4.69) is 5.32 Å². The van der Waals surface area contributed by atoms with Gasteiger partial charge in [0.15, 0.2) is 11.5 Å². The Kier molecular flexibility index (Phi) is 9.37. The fourth-order valence-corrected chi connectivity index (χ4v) is 4.55. The van der Waals surface area contributed by atoms with Crippen LogP contribution in [0.3, 0.4) is 0 Å². The van der Waals surface area contributed by atoms with E-state index in [4.69, 9.17) is 9.47 Å². The molecule has 0 heterocycles. The van der Waals surface area contributed by atoms with E-state index in [-0.39, 0.29) is 17.9 Å². The highest BCUT2D eigenvalue weighted by Gasteiger charge is 2.28. The van der Waals surface area contributed by atoms with Gasteiger partial charge in [0.25, 0.3) is 0 Å². The number of hydrogen-bond donors (Lipinski definition) is 1. The summed E-state index contributed by atoms with van der Waals surface area (Å²) in [6, 6.07) is 13.4. The smallest absolute Gasteiger partial charge is 0.242 e. The molecule has 34 heavy (non-hydrogen) atoms. The second-order valence-electron chi connectivity index (χ2n) is 9.16. The number of carbonyl (C=O) groups is 2. The van der Waals surface area contributed by atoms with Gasteiger partial charge in [-0.15, -0.1) is 0 Å². The monoisotopic (exact) mass is 466 g/mol. The SMILES string of the molecule is COc1ccc(CCC(=O)N(Cc2ccccc2C)[C@@H](C)C(=O)NC2CCCCC2)cc1OC. The zero-order valence-electron chi connectivity index (χ0n) is 20.9. The van der Waals surface area contributed by atoms with Crippen LogP contribution in [0.2, 0.25) is 0 Å². The van der Waals surface area contributed by atoms with Crippen molar-refractivity contribution in [2.24, 2.45) is 0 Å².